The van der Waals surface area contributed by atoms with Crippen LogP contribution in [0.25, 0.3) is 22.8 Å². The summed E-state index contributed by atoms with van der Waals surface area (Å²) in [4.78, 5) is 4.57. The van der Waals surface area contributed by atoms with Gasteiger partial charge in [-0.05, 0) is 56.0 Å². The number of halogens is 1. The number of benzene rings is 2. The smallest absolute Gasteiger partial charge is 0.258 e. The Hall–Kier alpha value is -3.24. The monoisotopic (exact) mass is 406 g/mol. The maximum absolute atomic E-state index is 12.5. The van der Waals surface area contributed by atoms with Crippen LogP contribution in [0.2, 0.25) is 0 Å². The minimum Gasteiger partial charge on any atom is -0.490 e. The van der Waals surface area contributed by atoms with Gasteiger partial charge in [-0.2, -0.15) is 10.2 Å². The van der Waals surface area contributed by atoms with Gasteiger partial charge in [-0.15, -0.1) is 0 Å². The number of nitrogens with zero attached hydrogens (tertiary/aromatic N) is 3. The van der Waals surface area contributed by atoms with Gasteiger partial charge in [0.25, 0.3) is 5.89 Å². The summed E-state index contributed by atoms with van der Waals surface area (Å²) in [6.07, 6.45) is 1.76. The lowest BCUT2D eigenvalue weighted by atomic mass is 10.0. The molecule has 154 valence electrons. The van der Waals surface area contributed by atoms with Gasteiger partial charge >= 0.3 is 0 Å². The Morgan fingerprint density at radius 1 is 1.33 bits per heavy atom. The zero-order chi connectivity index (χ0) is 21.1. The molecule has 6 nitrogen and oxygen atoms in total. The van der Waals surface area contributed by atoms with Gasteiger partial charge in [-0.1, -0.05) is 23.4 Å². The van der Waals surface area contributed by atoms with Crippen LogP contribution in [-0.2, 0) is 6.42 Å². The minimum atomic E-state index is -0.384. The Morgan fingerprint density at radius 2 is 2.20 bits per heavy atom. The van der Waals surface area contributed by atoms with E-state index in [0.29, 0.717) is 35.1 Å². The van der Waals surface area contributed by atoms with E-state index in [4.69, 9.17) is 9.26 Å². The molecule has 0 bridgehead atoms. The van der Waals surface area contributed by atoms with Crippen LogP contribution in [0.15, 0.2) is 40.9 Å². The fraction of sp³-hybridized carbons (Fsp3) is 0.348. The molecule has 0 spiro atoms. The lowest BCUT2D eigenvalue weighted by Crippen LogP contribution is -2.21. The van der Waals surface area contributed by atoms with E-state index in [1.165, 1.54) is 5.56 Å². The van der Waals surface area contributed by atoms with E-state index in [1.807, 2.05) is 32.0 Å². The number of hydrogen-bond acceptors (Lipinski definition) is 6. The van der Waals surface area contributed by atoms with E-state index in [1.54, 1.807) is 12.1 Å². The second-order valence-electron chi connectivity index (χ2n) is 7.52. The second kappa shape index (κ2) is 8.64. The van der Waals surface area contributed by atoms with E-state index >= 15 is 0 Å². The second-order valence-corrected chi connectivity index (χ2v) is 7.52. The first-order valence-electron chi connectivity index (χ1n) is 10.1. The van der Waals surface area contributed by atoms with Crippen LogP contribution in [-0.4, -0.2) is 29.5 Å². The number of nitrogens with one attached hydrogen (secondary N) is 1. The number of aromatic nitrogens is 2. The highest BCUT2D eigenvalue weighted by molar-refractivity contribution is 5.67. The SMILES string of the molecule is CC(C)Oc1ccc(-c2nc(-c3cccc4c3CC[C@@H]4NCCF)no2)cc1C#N. The first-order chi connectivity index (χ1) is 14.6. The quantitative estimate of drug-likeness (QED) is 0.617. The zero-order valence-corrected chi connectivity index (χ0v) is 17.0. The van der Waals surface area contributed by atoms with Crippen molar-refractivity contribution in [2.75, 3.05) is 13.2 Å². The number of hydrogen-bond donors (Lipinski definition) is 1. The summed E-state index contributed by atoms with van der Waals surface area (Å²) in [5, 5.41) is 16.9. The van der Waals surface area contributed by atoms with Crippen LogP contribution < -0.4 is 10.1 Å². The summed E-state index contributed by atoms with van der Waals surface area (Å²) in [5.74, 6) is 1.39. The molecule has 1 aliphatic rings. The topological polar surface area (TPSA) is 84.0 Å². The number of alkyl halides is 1. The third-order valence-electron chi connectivity index (χ3n) is 5.13. The summed E-state index contributed by atoms with van der Waals surface area (Å²) < 4.78 is 23.7. The molecule has 1 aromatic heterocycles. The Balaban J connectivity index is 1.63. The minimum absolute atomic E-state index is 0.0265. The molecule has 7 heteroatoms. The Kier molecular flexibility index (Phi) is 5.77. The summed E-state index contributed by atoms with van der Waals surface area (Å²) in [7, 11) is 0. The van der Waals surface area contributed by atoms with Crippen molar-refractivity contribution < 1.29 is 13.7 Å². The van der Waals surface area contributed by atoms with Gasteiger partial charge in [0.1, 0.15) is 18.5 Å². The molecular weight excluding hydrogens is 383 g/mol. The molecule has 2 aromatic carbocycles. The van der Waals surface area contributed by atoms with E-state index in [0.717, 1.165) is 24.0 Å². The zero-order valence-electron chi connectivity index (χ0n) is 17.0. The van der Waals surface area contributed by atoms with Crippen molar-refractivity contribution >= 4 is 0 Å². The largest absolute Gasteiger partial charge is 0.490 e. The van der Waals surface area contributed by atoms with Crippen LogP contribution in [0.3, 0.4) is 0 Å². The molecule has 0 saturated heterocycles. The Morgan fingerprint density at radius 3 is 2.97 bits per heavy atom. The van der Waals surface area contributed by atoms with Crippen LogP contribution in [0.1, 0.15) is 43.0 Å². The molecule has 0 radical (unpaired) electrons. The van der Waals surface area contributed by atoms with Gasteiger partial charge < -0.3 is 14.6 Å². The van der Waals surface area contributed by atoms with Gasteiger partial charge in [-0.25, -0.2) is 4.39 Å². The third-order valence-corrected chi connectivity index (χ3v) is 5.13. The summed E-state index contributed by atoms with van der Waals surface area (Å²) in [6, 6.07) is 13.6. The molecule has 0 aliphatic heterocycles. The van der Waals surface area contributed by atoms with Crippen LogP contribution in [0.5, 0.6) is 5.75 Å². The predicted octanol–water partition coefficient (Wildman–Crippen LogP) is 4.61. The van der Waals surface area contributed by atoms with Crippen molar-refractivity contribution in [1.82, 2.24) is 15.5 Å². The van der Waals surface area contributed by atoms with Crippen molar-refractivity contribution in [2.24, 2.45) is 0 Å². The number of ether oxygens (including phenoxy) is 1. The normalized spacial score (nSPS) is 15.2. The van der Waals surface area contributed by atoms with E-state index in [9.17, 15) is 9.65 Å². The molecule has 0 fully saturated rings. The summed E-state index contributed by atoms with van der Waals surface area (Å²) in [5.41, 5.74) is 4.33. The highest BCUT2D eigenvalue weighted by atomic mass is 19.1. The van der Waals surface area contributed by atoms with Crippen LogP contribution in [0, 0.1) is 11.3 Å². The molecule has 3 aromatic rings. The van der Waals surface area contributed by atoms with Gasteiger partial charge in [0.05, 0.1) is 11.7 Å². The van der Waals surface area contributed by atoms with Crippen molar-refractivity contribution in [3.05, 3.63) is 53.1 Å². The van der Waals surface area contributed by atoms with Gasteiger partial charge in [0.2, 0.25) is 5.82 Å². The van der Waals surface area contributed by atoms with Crippen molar-refractivity contribution in [3.8, 4) is 34.7 Å². The molecule has 0 unspecified atom stereocenters. The van der Waals surface area contributed by atoms with E-state index < -0.39 is 0 Å². The molecule has 0 amide bonds. The molecular formula is C23H23FN4O2. The van der Waals surface area contributed by atoms with Crippen molar-refractivity contribution in [3.63, 3.8) is 0 Å². The highest BCUT2D eigenvalue weighted by Crippen LogP contribution is 2.37. The van der Waals surface area contributed by atoms with Gasteiger partial charge in [0, 0.05) is 23.7 Å². The van der Waals surface area contributed by atoms with E-state index in [2.05, 4.69) is 27.6 Å². The highest BCUT2D eigenvalue weighted by Gasteiger charge is 2.26. The fourth-order valence-electron chi connectivity index (χ4n) is 3.86. The third kappa shape index (κ3) is 3.91. The molecule has 30 heavy (non-hydrogen) atoms. The molecule has 1 heterocycles. The standard InChI is InChI=1S/C23H23FN4O2/c1-14(2)29-21-9-6-15(12-16(21)13-25)23-27-22(28-30-23)19-5-3-4-18-17(19)7-8-20(18)26-11-10-24/h3-6,9,12,14,20,26H,7-8,10-11H2,1-2H3/t20-/m0/s1. The van der Waals surface area contributed by atoms with Crippen LogP contribution in [0.4, 0.5) is 4.39 Å². The maximum Gasteiger partial charge on any atom is 0.258 e. The van der Waals surface area contributed by atoms with Gasteiger partial charge in [-0.3, -0.25) is 0 Å². The van der Waals surface area contributed by atoms with E-state index in [-0.39, 0.29) is 18.8 Å². The predicted molar refractivity (Wildman–Crippen MR) is 111 cm³/mol. The molecule has 1 aliphatic carbocycles. The number of fused-ring (bicyclic) bond motifs is 1. The Bertz CT molecular complexity index is 1090. The molecule has 1 N–H and O–H groups in total. The average molecular weight is 406 g/mol. The lowest BCUT2D eigenvalue weighted by Gasteiger charge is -2.13. The summed E-state index contributed by atoms with van der Waals surface area (Å²) in [6.45, 7) is 3.79. The van der Waals surface area contributed by atoms with Gasteiger partial charge in [0.15, 0.2) is 0 Å². The first kappa shape index (κ1) is 20.0. The maximum atomic E-state index is 12.5. The number of nitriles is 1. The molecule has 0 saturated carbocycles. The first-order valence-corrected chi connectivity index (χ1v) is 10.1. The van der Waals surface area contributed by atoms with Crippen molar-refractivity contribution in [2.45, 2.75) is 38.8 Å². The van der Waals surface area contributed by atoms with Crippen LogP contribution >= 0.6 is 0 Å². The lowest BCUT2D eigenvalue weighted by molar-refractivity contribution is 0.241. The summed E-state index contributed by atoms with van der Waals surface area (Å²) >= 11 is 0. The Labute approximate surface area is 174 Å². The average Bonchev–Trinajstić information content (AvgIpc) is 3.39. The van der Waals surface area contributed by atoms with Crippen molar-refractivity contribution in [1.29, 1.82) is 5.26 Å². The molecule has 4 rings (SSSR count). The fourth-order valence-corrected chi connectivity index (χ4v) is 3.86. The number of rotatable bonds is 7. The molecule has 1 atom stereocenters.